The van der Waals surface area contributed by atoms with E-state index in [0.29, 0.717) is 12.5 Å². The number of para-hydroxylation sites is 1. The second kappa shape index (κ2) is 4.90. The topological polar surface area (TPSA) is 49.4 Å². The van der Waals surface area contributed by atoms with E-state index in [1.165, 1.54) is 4.31 Å². The lowest BCUT2D eigenvalue weighted by Gasteiger charge is -2.34. The molecule has 0 aliphatic carbocycles. The first-order valence-corrected chi connectivity index (χ1v) is 7.72. The lowest BCUT2D eigenvalue weighted by Crippen LogP contribution is -2.47. The minimum atomic E-state index is -3.45. The number of hydrogen-bond acceptors (Lipinski definition) is 2. The summed E-state index contributed by atoms with van der Waals surface area (Å²) in [4.78, 5) is 0. The molecular formula is C13H20N2O2S. The van der Waals surface area contributed by atoms with Gasteiger partial charge in [-0.2, -0.15) is 13.1 Å². The Labute approximate surface area is 109 Å². The molecule has 0 radical (unpaired) electrons. The standard InChI is InChI=1S/C13H20N2O2S/c1-10(2)14-18(16,17)15-9-11(3)8-12-6-4-5-7-13(12)15/h4-7,10-11,14H,8-9H2,1-3H3. The van der Waals surface area contributed by atoms with Crippen LogP contribution in [0.2, 0.25) is 0 Å². The van der Waals surface area contributed by atoms with Crippen molar-refractivity contribution in [2.45, 2.75) is 33.2 Å². The van der Waals surface area contributed by atoms with Crippen LogP contribution in [0, 0.1) is 5.92 Å². The van der Waals surface area contributed by atoms with Crippen LogP contribution in [-0.2, 0) is 16.6 Å². The van der Waals surface area contributed by atoms with Crippen molar-refractivity contribution in [2.24, 2.45) is 5.92 Å². The molecule has 0 spiro atoms. The maximum Gasteiger partial charge on any atom is 0.301 e. The Bertz CT molecular complexity index is 526. The number of benzene rings is 1. The van der Waals surface area contributed by atoms with E-state index in [0.717, 1.165) is 17.7 Å². The van der Waals surface area contributed by atoms with Gasteiger partial charge in [-0.15, -0.1) is 0 Å². The van der Waals surface area contributed by atoms with Gasteiger partial charge in [0.2, 0.25) is 0 Å². The lowest BCUT2D eigenvalue weighted by atomic mass is 9.96. The van der Waals surface area contributed by atoms with Crippen LogP contribution in [0.3, 0.4) is 0 Å². The Kier molecular flexibility index (Phi) is 3.64. The third-order valence-corrected chi connectivity index (χ3v) is 4.68. The van der Waals surface area contributed by atoms with Crippen molar-refractivity contribution in [2.75, 3.05) is 10.8 Å². The molecule has 2 rings (SSSR count). The van der Waals surface area contributed by atoms with E-state index in [2.05, 4.69) is 11.6 Å². The molecule has 0 fully saturated rings. The van der Waals surface area contributed by atoms with Gasteiger partial charge in [-0.25, -0.2) is 0 Å². The third kappa shape index (κ3) is 2.67. The maximum absolute atomic E-state index is 12.3. The van der Waals surface area contributed by atoms with E-state index in [-0.39, 0.29) is 6.04 Å². The monoisotopic (exact) mass is 268 g/mol. The smallest absolute Gasteiger partial charge is 0.257 e. The Hall–Kier alpha value is -1.07. The van der Waals surface area contributed by atoms with Crippen LogP contribution >= 0.6 is 0 Å². The maximum atomic E-state index is 12.3. The highest BCUT2D eigenvalue weighted by molar-refractivity contribution is 7.90. The van der Waals surface area contributed by atoms with Crippen molar-refractivity contribution in [3.63, 3.8) is 0 Å². The number of fused-ring (bicyclic) bond motifs is 1. The molecule has 1 aliphatic heterocycles. The summed E-state index contributed by atoms with van der Waals surface area (Å²) < 4.78 is 28.8. The largest absolute Gasteiger partial charge is 0.301 e. The summed E-state index contributed by atoms with van der Waals surface area (Å²) in [5.74, 6) is 0.337. The molecule has 4 nitrogen and oxygen atoms in total. The molecule has 0 saturated heterocycles. The average Bonchev–Trinajstić information content (AvgIpc) is 2.26. The van der Waals surface area contributed by atoms with Crippen LogP contribution in [0.25, 0.3) is 0 Å². The van der Waals surface area contributed by atoms with Gasteiger partial charge in [0.1, 0.15) is 0 Å². The minimum absolute atomic E-state index is 0.0978. The van der Waals surface area contributed by atoms with Gasteiger partial charge < -0.3 is 0 Å². The van der Waals surface area contributed by atoms with Crippen molar-refractivity contribution in [3.8, 4) is 0 Å². The summed E-state index contributed by atoms with van der Waals surface area (Å²) >= 11 is 0. The van der Waals surface area contributed by atoms with E-state index in [1.807, 2.05) is 38.1 Å². The Balaban J connectivity index is 2.40. The van der Waals surface area contributed by atoms with Gasteiger partial charge in [0, 0.05) is 12.6 Å². The fourth-order valence-corrected chi connectivity index (χ4v) is 3.95. The normalized spacial score (nSPS) is 20.0. The first-order chi connectivity index (χ1) is 8.40. The van der Waals surface area contributed by atoms with Gasteiger partial charge in [-0.1, -0.05) is 25.1 Å². The Morgan fingerprint density at radius 2 is 2.00 bits per heavy atom. The molecule has 0 aromatic heterocycles. The number of nitrogens with zero attached hydrogens (tertiary/aromatic N) is 1. The van der Waals surface area contributed by atoms with E-state index in [9.17, 15) is 8.42 Å². The Morgan fingerprint density at radius 1 is 1.33 bits per heavy atom. The summed E-state index contributed by atoms with van der Waals surface area (Å²) in [5, 5.41) is 0. The number of hydrogen-bond donors (Lipinski definition) is 1. The Morgan fingerprint density at radius 3 is 2.67 bits per heavy atom. The molecule has 1 aliphatic rings. The first kappa shape index (κ1) is 13.4. The molecule has 1 heterocycles. The molecule has 0 saturated carbocycles. The van der Waals surface area contributed by atoms with Crippen LogP contribution in [0.1, 0.15) is 26.3 Å². The van der Waals surface area contributed by atoms with Gasteiger partial charge in [0.15, 0.2) is 0 Å². The summed E-state index contributed by atoms with van der Waals surface area (Å²) in [5.41, 5.74) is 1.91. The summed E-state index contributed by atoms with van der Waals surface area (Å²) in [7, 11) is -3.45. The highest BCUT2D eigenvalue weighted by Gasteiger charge is 2.30. The molecule has 5 heteroatoms. The van der Waals surface area contributed by atoms with Crippen molar-refractivity contribution in [3.05, 3.63) is 29.8 Å². The molecular weight excluding hydrogens is 248 g/mol. The number of anilines is 1. The lowest BCUT2D eigenvalue weighted by molar-refractivity contribution is 0.531. The van der Waals surface area contributed by atoms with Crippen LogP contribution in [0.4, 0.5) is 5.69 Å². The third-order valence-electron chi connectivity index (χ3n) is 2.98. The minimum Gasteiger partial charge on any atom is -0.257 e. The predicted molar refractivity (Wildman–Crippen MR) is 73.8 cm³/mol. The molecule has 1 atom stereocenters. The van der Waals surface area contributed by atoms with E-state index < -0.39 is 10.2 Å². The molecule has 1 N–H and O–H groups in total. The SMILES string of the molecule is CC1Cc2ccccc2N(S(=O)(=O)NC(C)C)C1. The molecule has 100 valence electrons. The van der Waals surface area contributed by atoms with Crippen LogP contribution < -0.4 is 9.03 Å². The van der Waals surface area contributed by atoms with Gasteiger partial charge in [-0.3, -0.25) is 4.31 Å². The zero-order chi connectivity index (χ0) is 13.3. The highest BCUT2D eigenvalue weighted by atomic mass is 32.2. The van der Waals surface area contributed by atoms with E-state index in [1.54, 1.807) is 0 Å². The highest BCUT2D eigenvalue weighted by Crippen LogP contribution is 2.30. The summed E-state index contributed by atoms with van der Waals surface area (Å²) in [6, 6.07) is 7.62. The molecule has 0 amide bonds. The molecule has 1 aromatic rings. The van der Waals surface area contributed by atoms with Crippen molar-refractivity contribution >= 4 is 15.9 Å². The summed E-state index contributed by atoms with van der Waals surface area (Å²) in [6.45, 7) is 6.28. The second-order valence-electron chi connectivity index (χ2n) is 5.25. The van der Waals surface area contributed by atoms with E-state index in [4.69, 9.17) is 0 Å². The molecule has 1 aromatic carbocycles. The zero-order valence-corrected chi connectivity index (χ0v) is 11.9. The first-order valence-electron chi connectivity index (χ1n) is 6.28. The van der Waals surface area contributed by atoms with Gasteiger partial charge >= 0.3 is 10.2 Å². The van der Waals surface area contributed by atoms with Gasteiger partial charge in [0.25, 0.3) is 0 Å². The fourth-order valence-electron chi connectivity index (χ4n) is 2.34. The quantitative estimate of drug-likeness (QED) is 0.910. The molecule has 1 unspecified atom stereocenters. The molecule has 18 heavy (non-hydrogen) atoms. The van der Waals surface area contributed by atoms with E-state index >= 15 is 0 Å². The van der Waals surface area contributed by atoms with Gasteiger partial charge in [0.05, 0.1) is 5.69 Å². The second-order valence-corrected chi connectivity index (χ2v) is 6.87. The fraction of sp³-hybridized carbons (Fsp3) is 0.538. The van der Waals surface area contributed by atoms with Crippen LogP contribution in [-0.4, -0.2) is 21.0 Å². The summed E-state index contributed by atoms with van der Waals surface area (Å²) in [6.07, 6.45) is 0.934. The van der Waals surface area contributed by atoms with Crippen molar-refractivity contribution in [1.82, 2.24) is 4.72 Å². The van der Waals surface area contributed by atoms with Crippen LogP contribution in [0.15, 0.2) is 24.3 Å². The molecule has 0 bridgehead atoms. The van der Waals surface area contributed by atoms with Crippen LogP contribution in [0.5, 0.6) is 0 Å². The average molecular weight is 268 g/mol. The number of rotatable bonds is 3. The predicted octanol–water partition coefficient (Wildman–Crippen LogP) is 1.93. The zero-order valence-electron chi connectivity index (χ0n) is 11.1. The van der Waals surface area contributed by atoms with Gasteiger partial charge in [-0.05, 0) is 37.8 Å². The number of nitrogens with one attached hydrogen (secondary N) is 1. The van der Waals surface area contributed by atoms with Crippen molar-refractivity contribution < 1.29 is 8.42 Å². The van der Waals surface area contributed by atoms with Crippen molar-refractivity contribution in [1.29, 1.82) is 0 Å².